The third-order valence-electron chi connectivity index (χ3n) is 5.71. The molecule has 0 spiro atoms. The molecule has 1 unspecified atom stereocenters. The Hall–Kier alpha value is -3.01. The lowest BCUT2D eigenvalue weighted by molar-refractivity contribution is -0.137. The number of hydrogen-bond donors (Lipinski definition) is 0. The van der Waals surface area contributed by atoms with E-state index in [1.54, 1.807) is 4.90 Å². The van der Waals surface area contributed by atoms with Gasteiger partial charge in [0.15, 0.2) is 5.82 Å². The van der Waals surface area contributed by atoms with Gasteiger partial charge in [-0.15, -0.1) is 5.10 Å². The Labute approximate surface area is 184 Å². The SMILES string of the molecule is CCCCn1nnnc1C(c1ccccc1)N1CCN(c2ncccc2C(F)(F)F)CC1. The van der Waals surface area contributed by atoms with Crippen molar-refractivity contribution in [2.24, 2.45) is 0 Å². The van der Waals surface area contributed by atoms with E-state index in [4.69, 9.17) is 0 Å². The molecule has 0 saturated carbocycles. The van der Waals surface area contributed by atoms with E-state index in [2.05, 4.69) is 32.3 Å². The number of anilines is 1. The number of nitrogens with zero attached hydrogens (tertiary/aromatic N) is 7. The Bertz CT molecular complexity index is 998. The molecule has 32 heavy (non-hydrogen) atoms. The summed E-state index contributed by atoms with van der Waals surface area (Å²) < 4.78 is 42.2. The number of alkyl halides is 3. The third kappa shape index (κ3) is 4.74. The molecule has 10 heteroatoms. The molecule has 0 bridgehead atoms. The van der Waals surface area contributed by atoms with Gasteiger partial charge in [0.05, 0.1) is 11.6 Å². The Morgan fingerprint density at radius 3 is 2.44 bits per heavy atom. The first-order chi connectivity index (χ1) is 15.5. The number of unbranched alkanes of at least 4 members (excludes halogenated alkanes) is 1. The van der Waals surface area contributed by atoms with Gasteiger partial charge in [-0.05, 0) is 34.5 Å². The van der Waals surface area contributed by atoms with Crippen molar-refractivity contribution in [3.63, 3.8) is 0 Å². The zero-order valence-electron chi connectivity index (χ0n) is 17.9. The lowest BCUT2D eigenvalue weighted by Gasteiger charge is -2.40. The largest absolute Gasteiger partial charge is 0.419 e. The minimum Gasteiger partial charge on any atom is -0.354 e. The molecule has 0 aliphatic carbocycles. The molecule has 170 valence electrons. The molecule has 0 amide bonds. The first-order valence-corrected chi connectivity index (χ1v) is 10.8. The monoisotopic (exact) mass is 445 g/mol. The van der Waals surface area contributed by atoms with Crippen LogP contribution in [-0.2, 0) is 12.7 Å². The van der Waals surface area contributed by atoms with Gasteiger partial charge >= 0.3 is 6.18 Å². The quantitative estimate of drug-likeness (QED) is 0.551. The maximum atomic E-state index is 13.5. The van der Waals surface area contributed by atoms with Gasteiger partial charge in [-0.2, -0.15) is 13.2 Å². The van der Waals surface area contributed by atoms with Crippen molar-refractivity contribution >= 4 is 5.82 Å². The fraction of sp³-hybridized carbons (Fsp3) is 0.455. The van der Waals surface area contributed by atoms with E-state index >= 15 is 0 Å². The Balaban J connectivity index is 1.58. The molecule has 3 aromatic rings. The van der Waals surface area contributed by atoms with Crippen molar-refractivity contribution in [2.45, 2.75) is 38.5 Å². The number of pyridine rings is 1. The third-order valence-corrected chi connectivity index (χ3v) is 5.71. The molecule has 2 aromatic heterocycles. The summed E-state index contributed by atoms with van der Waals surface area (Å²) in [6, 6.07) is 12.2. The average Bonchev–Trinajstić information content (AvgIpc) is 3.26. The Morgan fingerprint density at radius 2 is 1.75 bits per heavy atom. The van der Waals surface area contributed by atoms with Crippen LogP contribution >= 0.6 is 0 Å². The van der Waals surface area contributed by atoms with Gasteiger partial charge in [-0.3, -0.25) is 4.90 Å². The number of aryl methyl sites for hydroxylation is 1. The van der Waals surface area contributed by atoms with Gasteiger partial charge in [0.2, 0.25) is 0 Å². The second-order valence-corrected chi connectivity index (χ2v) is 7.82. The molecule has 7 nitrogen and oxygen atoms in total. The zero-order valence-corrected chi connectivity index (χ0v) is 17.9. The summed E-state index contributed by atoms with van der Waals surface area (Å²) >= 11 is 0. The molecule has 1 saturated heterocycles. The van der Waals surface area contributed by atoms with Crippen LogP contribution < -0.4 is 4.90 Å². The summed E-state index contributed by atoms with van der Waals surface area (Å²) in [5.74, 6) is 0.746. The van der Waals surface area contributed by atoms with Crippen LogP contribution in [0, 0.1) is 0 Å². The van der Waals surface area contributed by atoms with Crippen molar-refractivity contribution in [3.8, 4) is 0 Å². The summed E-state index contributed by atoms with van der Waals surface area (Å²) in [6.45, 7) is 4.83. The number of piperazine rings is 1. The van der Waals surface area contributed by atoms with E-state index in [9.17, 15) is 13.2 Å². The predicted molar refractivity (Wildman–Crippen MR) is 114 cm³/mol. The molecular formula is C22H26F3N7. The molecule has 4 rings (SSSR count). The van der Waals surface area contributed by atoms with Gasteiger partial charge in [0, 0.05) is 38.9 Å². The molecular weight excluding hydrogens is 419 g/mol. The summed E-state index contributed by atoms with van der Waals surface area (Å²) in [5, 5.41) is 12.4. The molecule has 1 atom stereocenters. The minimum atomic E-state index is -4.44. The van der Waals surface area contributed by atoms with Crippen molar-refractivity contribution < 1.29 is 13.2 Å². The molecule has 3 heterocycles. The number of aromatic nitrogens is 5. The normalized spacial score (nSPS) is 16.3. The standard InChI is InChI=1S/C22H26F3N7/c1-2-3-12-32-21(27-28-29-32)19(17-8-5-4-6-9-17)30-13-15-31(16-14-30)20-18(22(23,24)25)10-7-11-26-20/h4-11,19H,2-3,12-16H2,1H3. The van der Waals surface area contributed by atoms with Crippen LogP contribution in [0.3, 0.4) is 0 Å². The summed E-state index contributed by atoms with van der Waals surface area (Å²) in [7, 11) is 0. The van der Waals surface area contributed by atoms with Gasteiger partial charge in [0.1, 0.15) is 5.82 Å². The van der Waals surface area contributed by atoms with E-state index < -0.39 is 11.7 Å². The van der Waals surface area contributed by atoms with Crippen LogP contribution in [0.25, 0.3) is 0 Å². The van der Waals surface area contributed by atoms with Crippen LogP contribution in [0.2, 0.25) is 0 Å². The van der Waals surface area contributed by atoms with E-state index in [0.717, 1.165) is 36.8 Å². The van der Waals surface area contributed by atoms with Gasteiger partial charge < -0.3 is 4.90 Å². The molecule has 1 aromatic carbocycles. The molecule has 1 aliphatic rings. The number of hydrogen-bond acceptors (Lipinski definition) is 6. The van der Waals surface area contributed by atoms with Crippen LogP contribution in [0.5, 0.6) is 0 Å². The van der Waals surface area contributed by atoms with E-state index in [1.807, 2.05) is 35.0 Å². The fourth-order valence-corrected chi connectivity index (χ4v) is 4.10. The highest BCUT2D eigenvalue weighted by Gasteiger charge is 2.37. The van der Waals surface area contributed by atoms with E-state index in [1.165, 1.54) is 12.3 Å². The average molecular weight is 445 g/mol. The van der Waals surface area contributed by atoms with Crippen molar-refractivity contribution in [2.75, 3.05) is 31.1 Å². The van der Waals surface area contributed by atoms with Crippen molar-refractivity contribution in [3.05, 3.63) is 65.6 Å². The van der Waals surface area contributed by atoms with Crippen molar-refractivity contribution in [1.29, 1.82) is 0 Å². The Kier molecular flexibility index (Phi) is 6.69. The molecule has 1 fully saturated rings. The number of halogens is 3. The van der Waals surface area contributed by atoms with Crippen LogP contribution in [0.4, 0.5) is 19.0 Å². The number of benzene rings is 1. The second kappa shape index (κ2) is 9.64. The highest BCUT2D eigenvalue weighted by Crippen LogP contribution is 2.36. The molecule has 0 radical (unpaired) electrons. The minimum absolute atomic E-state index is 0.0105. The predicted octanol–water partition coefficient (Wildman–Crippen LogP) is 3.80. The van der Waals surface area contributed by atoms with Gasteiger partial charge in [0.25, 0.3) is 0 Å². The number of rotatable bonds is 7. The lowest BCUT2D eigenvalue weighted by atomic mass is 10.0. The fourth-order valence-electron chi connectivity index (χ4n) is 4.10. The summed E-state index contributed by atoms with van der Waals surface area (Å²) in [6.07, 6.45) is -1.03. The lowest BCUT2D eigenvalue weighted by Crippen LogP contribution is -2.49. The summed E-state index contributed by atoms with van der Waals surface area (Å²) in [5.41, 5.74) is 0.360. The second-order valence-electron chi connectivity index (χ2n) is 7.82. The number of tetrazole rings is 1. The van der Waals surface area contributed by atoms with Crippen LogP contribution in [0.1, 0.15) is 42.8 Å². The maximum Gasteiger partial charge on any atom is 0.419 e. The highest BCUT2D eigenvalue weighted by molar-refractivity contribution is 5.49. The smallest absolute Gasteiger partial charge is 0.354 e. The zero-order chi connectivity index (χ0) is 22.6. The first kappa shape index (κ1) is 22.2. The Morgan fingerprint density at radius 1 is 1.00 bits per heavy atom. The van der Waals surface area contributed by atoms with Crippen LogP contribution in [-0.4, -0.2) is 56.3 Å². The molecule has 1 aliphatic heterocycles. The van der Waals surface area contributed by atoms with Gasteiger partial charge in [-0.25, -0.2) is 9.67 Å². The van der Waals surface area contributed by atoms with E-state index in [-0.39, 0.29) is 11.9 Å². The van der Waals surface area contributed by atoms with Crippen LogP contribution in [0.15, 0.2) is 48.7 Å². The summed E-state index contributed by atoms with van der Waals surface area (Å²) in [4.78, 5) is 7.99. The first-order valence-electron chi connectivity index (χ1n) is 10.8. The van der Waals surface area contributed by atoms with E-state index in [0.29, 0.717) is 26.2 Å². The van der Waals surface area contributed by atoms with Gasteiger partial charge in [-0.1, -0.05) is 43.7 Å². The topological polar surface area (TPSA) is 63.0 Å². The maximum absolute atomic E-state index is 13.5. The molecule has 0 N–H and O–H groups in total. The van der Waals surface area contributed by atoms with Crippen molar-refractivity contribution in [1.82, 2.24) is 30.1 Å². The highest BCUT2D eigenvalue weighted by atomic mass is 19.4.